The van der Waals surface area contributed by atoms with Crippen LogP contribution in [0.3, 0.4) is 0 Å². The monoisotopic (exact) mass is 419 g/mol. The summed E-state index contributed by atoms with van der Waals surface area (Å²) >= 11 is 6.81. The molecule has 3 N–H and O–H groups in total. The fourth-order valence-electron chi connectivity index (χ4n) is 2.11. The quantitative estimate of drug-likeness (QED) is 0.652. The second-order valence-corrected chi connectivity index (χ2v) is 6.52. The molecule has 3 rings (SSSR count). The van der Waals surface area contributed by atoms with Gasteiger partial charge in [-0.25, -0.2) is 4.98 Å². The standard InChI is InChI=1S/C16H11Br2N3O/c17-11-5-1-9(2-6-11)13-14(21-16(22)15(19)20-13)10-3-7-12(18)8-4-10/h1-8H,(H2,19,20)(H,21,22). The number of nitrogens with one attached hydrogen (secondary N) is 1. The number of aromatic nitrogens is 2. The maximum absolute atomic E-state index is 11.9. The molecule has 110 valence electrons. The maximum Gasteiger partial charge on any atom is 0.290 e. The van der Waals surface area contributed by atoms with E-state index in [-0.39, 0.29) is 5.82 Å². The van der Waals surface area contributed by atoms with E-state index >= 15 is 0 Å². The number of halogens is 2. The molecule has 0 radical (unpaired) electrons. The Morgan fingerprint density at radius 2 is 1.36 bits per heavy atom. The number of H-pyrrole nitrogens is 1. The third kappa shape index (κ3) is 2.98. The first-order valence-electron chi connectivity index (χ1n) is 6.46. The zero-order valence-electron chi connectivity index (χ0n) is 11.3. The Morgan fingerprint density at radius 3 is 1.91 bits per heavy atom. The van der Waals surface area contributed by atoms with Gasteiger partial charge in [-0.3, -0.25) is 4.79 Å². The second-order valence-electron chi connectivity index (χ2n) is 4.69. The number of nitrogen functional groups attached to an aromatic ring is 1. The van der Waals surface area contributed by atoms with Crippen molar-refractivity contribution in [2.24, 2.45) is 0 Å². The fraction of sp³-hybridized carbons (Fsp3) is 0. The first-order chi connectivity index (χ1) is 10.5. The molecular weight excluding hydrogens is 410 g/mol. The van der Waals surface area contributed by atoms with Crippen LogP contribution in [0.5, 0.6) is 0 Å². The lowest BCUT2D eigenvalue weighted by Gasteiger charge is -2.10. The summed E-state index contributed by atoms with van der Waals surface area (Å²) in [6, 6.07) is 15.3. The van der Waals surface area contributed by atoms with Gasteiger partial charge in [0.2, 0.25) is 0 Å². The Hall–Kier alpha value is -1.92. The predicted molar refractivity (Wildman–Crippen MR) is 95.5 cm³/mol. The normalized spacial score (nSPS) is 10.6. The van der Waals surface area contributed by atoms with Crippen molar-refractivity contribution < 1.29 is 0 Å². The van der Waals surface area contributed by atoms with E-state index < -0.39 is 5.56 Å². The second kappa shape index (κ2) is 6.06. The number of rotatable bonds is 2. The van der Waals surface area contributed by atoms with E-state index in [9.17, 15) is 4.79 Å². The average Bonchev–Trinajstić information content (AvgIpc) is 2.51. The number of aromatic amines is 1. The zero-order valence-corrected chi connectivity index (χ0v) is 14.5. The van der Waals surface area contributed by atoms with Gasteiger partial charge in [0.1, 0.15) is 0 Å². The summed E-state index contributed by atoms with van der Waals surface area (Å²) in [4.78, 5) is 19.0. The van der Waals surface area contributed by atoms with Gasteiger partial charge in [-0.15, -0.1) is 0 Å². The molecule has 2 aromatic carbocycles. The third-order valence-corrected chi connectivity index (χ3v) is 4.25. The van der Waals surface area contributed by atoms with Gasteiger partial charge in [0.05, 0.1) is 11.4 Å². The highest BCUT2D eigenvalue weighted by Crippen LogP contribution is 2.29. The fourth-order valence-corrected chi connectivity index (χ4v) is 2.63. The summed E-state index contributed by atoms with van der Waals surface area (Å²) in [5.74, 6) is -0.0428. The highest BCUT2D eigenvalue weighted by Gasteiger charge is 2.13. The maximum atomic E-state index is 11.9. The van der Waals surface area contributed by atoms with Crippen LogP contribution >= 0.6 is 31.9 Å². The first-order valence-corrected chi connectivity index (χ1v) is 8.05. The van der Waals surface area contributed by atoms with Crippen LogP contribution in [0.1, 0.15) is 0 Å². The summed E-state index contributed by atoms with van der Waals surface area (Å²) in [5.41, 5.74) is 8.34. The van der Waals surface area contributed by atoms with E-state index in [4.69, 9.17) is 5.73 Å². The lowest BCUT2D eigenvalue weighted by atomic mass is 10.0. The molecule has 0 bridgehead atoms. The highest BCUT2D eigenvalue weighted by atomic mass is 79.9. The van der Waals surface area contributed by atoms with E-state index in [1.165, 1.54) is 0 Å². The number of anilines is 1. The van der Waals surface area contributed by atoms with Crippen LogP contribution in [0, 0.1) is 0 Å². The molecule has 3 aromatic rings. The van der Waals surface area contributed by atoms with Gasteiger partial charge in [0.25, 0.3) is 5.56 Å². The summed E-state index contributed by atoms with van der Waals surface area (Å²) in [6.45, 7) is 0. The number of hydrogen-bond donors (Lipinski definition) is 2. The Morgan fingerprint density at radius 1 is 0.864 bits per heavy atom. The van der Waals surface area contributed by atoms with Crippen LogP contribution in [-0.4, -0.2) is 9.97 Å². The minimum atomic E-state index is -0.390. The molecule has 0 aliphatic carbocycles. The molecule has 0 atom stereocenters. The smallest absolute Gasteiger partial charge is 0.290 e. The highest BCUT2D eigenvalue weighted by molar-refractivity contribution is 9.10. The van der Waals surface area contributed by atoms with Gasteiger partial charge >= 0.3 is 0 Å². The van der Waals surface area contributed by atoms with E-state index in [1.54, 1.807) is 0 Å². The van der Waals surface area contributed by atoms with Crippen LogP contribution < -0.4 is 11.3 Å². The molecule has 0 aliphatic heterocycles. The van der Waals surface area contributed by atoms with E-state index in [0.29, 0.717) is 11.4 Å². The molecule has 1 aromatic heterocycles. The van der Waals surface area contributed by atoms with Gasteiger partial charge in [0, 0.05) is 20.1 Å². The minimum absolute atomic E-state index is 0.0428. The summed E-state index contributed by atoms with van der Waals surface area (Å²) in [7, 11) is 0. The molecule has 0 fully saturated rings. The van der Waals surface area contributed by atoms with Crippen LogP contribution in [0.2, 0.25) is 0 Å². The van der Waals surface area contributed by atoms with Crippen LogP contribution in [-0.2, 0) is 0 Å². The van der Waals surface area contributed by atoms with Crippen LogP contribution in [0.4, 0.5) is 5.82 Å². The molecular formula is C16H11Br2N3O. The van der Waals surface area contributed by atoms with E-state index in [0.717, 1.165) is 20.1 Å². The third-order valence-electron chi connectivity index (χ3n) is 3.19. The molecule has 6 heteroatoms. The molecule has 0 spiro atoms. The Labute approximate surface area is 143 Å². The van der Waals surface area contributed by atoms with Gasteiger partial charge in [-0.1, -0.05) is 56.1 Å². The van der Waals surface area contributed by atoms with Crippen molar-refractivity contribution in [1.29, 1.82) is 0 Å². The molecule has 0 saturated carbocycles. The molecule has 1 heterocycles. The average molecular weight is 421 g/mol. The molecule has 4 nitrogen and oxygen atoms in total. The minimum Gasteiger partial charge on any atom is -0.379 e. The van der Waals surface area contributed by atoms with Crippen molar-refractivity contribution in [1.82, 2.24) is 9.97 Å². The molecule has 0 unspecified atom stereocenters. The Bertz CT molecular complexity index is 871. The van der Waals surface area contributed by atoms with E-state index in [1.807, 2.05) is 48.5 Å². The Balaban J connectivity index is 2.24. The molecule has 22 heavy (non-hydrogen) atoms. The number of hydrogen-bond acceptors (Lipinski definition) is 3. The van der Waals surface area contributed by atoms with E-state index in [2.05, 4.69) is 41.8 Å². The molecule has 0 aliphatic rings. The largest absolute Gasteiger partial charge is 0.379 e. The lowest BCUT2D eigenvalue weighted by molar-refractivity contribution is 1.16. The summed E-state index contributed by atoms with van der Waals surface area (Å²) < 4.78 is 1.94. The zero-order chi connectivity index (χ0) is 15.7. The number of benzene rings is 2. The summed E-state index contributed by atoms with van der Waals surface area (Å²) in [5, 5.41) is 0. The van der Waals surface area contributed by atoms with Crippen molar-refractivity contribution in [3.63, 3.8) is 0 Å². The molecule has 0 amide bonds. The topological polar surface area (TPSA) is 71.8 Å². The van der Waals surface area contributed by atoms with Gasteiger partial charge in [0.15, 0.2) is 5.82 Å². The van der Waals surface area contributed by atoms with Crippen LogP contribution in [0.15, 0.2) is 62.3 Å². The van der Waals surface area contributed by atoms with Crippen molar-refractivity contribution in [2.45, 2.75) is 0 Å². The number of nitrogens with zero attached hydrogens (tertiary/aromatic N) is 1. The van der Waals surface area contributed by atoms with Gasteiger partial charge < -0.3 is 10.7 Å². The van der Waals surface area contributed by atoms with Crippen molar-refractivity contribution in [3.05, 3.63) is 67.8 Å². The SMILES string of the molecule is Nc1nc(-c2ccc(Br)cc2)c(-c2ccc(Br)cc2)[nH]c1=O. The predicted octanol–water partition coefficient (Wildman–Crippen LogP) is 4.21. The van der Waals surface area contributed by atoms with Crippen molar-refractivity contribution in [3.8, 4) is 22.5 Å². The Kier molecular flexibility index (Phi) is 4.13. The van der Waals surface area contributed by atoms with Gasteiger partial charge in [-0.2, -0.15) is 0 Å². The first kappa shape index (κ1) is 15.0. The summed E-state index contributed by atoms with van der Waals surface area (Å²) in [6.07, 6.45) is 0. The van der Waals surface area contributed by atoms with Crippen molar-refractivity contribution in [2.75, 3.05) is 5.73 Å². The van der Waals surface area contributed by atoms with Crippen LogP contribution in [0.25, 0.3) is 22.5 Å². The molecule has 0 saturated heterocycles. The lowest BCUT2D eigenvalue weighted by Crippen LogP contribution is -2.16. The number of nitrogens with two attached hydrogens (primary N) is 1. The van der Waals surface area contributed by atoms with Gasteiger partial charge in [-0.05, 0) is 24.3 Å². The van der Waals surface area contributed by atoms with Crippen molar-refractivity contribution >= 4 is 37.7 Å².